The van der Waals surface area contributed by atoms with E-state index in [0.29, 0.717) is 11.9 Å². The number of rotatable bonds is 7. The minimum absolute atomic E-state index is 0. The topological polar surface area (TPSA) is 73.2 Å². The van der Waals surface area contributed by atoms with Crippen molar-refractivity contribution in [1.82, 2.24) is 4.90 Å². The van der Waals surface area contributed by atoms with Gasteiger partial charge in [-0.25, -0.2) is 0 Å². The zero-order valence-corrected chi connectivity index (χ0v) is 17.5. The van der Waals surface area contributed by atoms with Gasteiger partial charge in [0, 0.05) is 6.54 Å². The molecule has 1 N–H and O–H groups in total. The molecule has 0 bridgehead atoms. The number of fused-ring (bicyclic) bond motifs is 1. The van der Waals surface area contributed by atoms with E-state index >= 15 is 0 Å². The Labute approximate surface area is 177 Å². The van der Waals surface area contributed by atoms with Crippen molar-refractivity contribution in [3.8, 4) is 17.2 Å². The van der Waals surface area contributed by atoms with Gasteiger partial charge in [0.2, 0.25) is 5.75 Å². The van der Waals surface area contributed by atoms with E-state index in [2.05, 4.69) is 4.90 Å². The Morgan fingerprint density at radius 2 is 1.80 bits per heavy atom. The summed E-state index contributed by atoms with van der Waals surface area (Å²) in [6, 6.07) is 1.51. The highest BCUT2D eigenvalue weighted by atomic mass is 35.5. The zero-order valence-electron chi connectivity index (χ0n) is 16.6. The third kappa shape index (κ3) is 5.04. The summed E-state index contributed by atoms with van der Waals surface area (Å²) >= 11 is 0. The number of carbonyl (C=O) groups is 1. The molecule has 7 nitrogen and oxygen atoms in total. The van der Waals surface area contributed by atoms with E-state index in [-0.39, 0.29) is 47.5 Å². The molecule has 0 aliphatic carbocycles. The van der Waals surface area contributed by atoms with E-state index in [1.807, 2.05) is 5.32 Å². The van der Waals surface area contributed by atoms with Crippen LogP contribution in [0.15, 0.2) is 16.7 Å². The van der Waals surface area contributed by atoms with E-state index in [4.69, 9.17) is 18.6 Å². The fourth-order valence-electron chi connectivity index (χ4n) is 3.41. The molecule has 30 heavy (non-hydrogen) atoms. The first-order valence-electron chi connectivity index (χ1n) is 9.25. The average molecular weight is 453 g/mol. The second kappa shape index (κ2) is 10.1. The van der Waals surface area contributed by atoms with Gasteiger partial charge in [-0.05, 0) is 32.0 Å². The third-order valence-corrected chi connectivity index (χ3v) is 4.78. The highest BCUT2D eigenvalue weighted by molar-refractivity contribution is 6.05. The number of anilines is 1. The number of amides is 1. The summed E-state index contributed by atoms with van der Waals surface area (Å²) in [4.78, 5) is 13.8. The van der Waals surface area contributed by atoms with Crippen LogP contribution in [0.4, 0.5) is 18.9 Å². The monoisotopic (exact) mass is 452 g/mol. The predicted octanol–water partition coefficient (Wildman–Crippen LogP) is 4.24. The molecule has 1 aliphatic heterocycles. The van der Waals surface area contributed by atoms with Crippen molar-refractivity contribution >= 4 is 35.0 Å². The number of furan rings is 1. The maximum Gasteiger partial charge on any atom is 0.471 e. The Morgan fingerprint density at radius 3 is 2.40 bits per heavy atom. The Hall–Kier alpha value is -2.33. The van der Waals surface area contributed by atoms with Crippen LogP contribution in [0.25, 0.3) is 11.0 Å². The van der Waals surface area contributed by atoms with Gasteiger partial charge in [0.25, 0.3) is 0 Å². The normalized spacial score (nSPS) is 14.8. The molecule has 0 atom stereocenters. The van der Waals surface area contributed by atoms with Crippen LogP contribution in [0, 0.1) is 0 Å². The van der Waals surface area contributed by atoms with Gasteiger partial charge in [0.05, 0.1) is 25.9 Å². The fraction of sp³-hybridized carbons (Fsp3) is 0.526. The Balaban J connectivity index is 0.00000320. The van der Waals surface area contributed by atoms with Crippen LogP contribution in [0.2, 0.25) is 0 Å². The van der Waals surface area contributed by atoms with Gasteiger partial charge in [0.15, 0.2) is 17.1 Å². The smallest absolute Gasteiger partial charge is 0.471 e. The average Bonchev–Trinajstić information content (AvgIpc) is 3.17. The van der Waals surface area contributed by atoms with Crippen LogP contribution in [0.3, 0.4) is 0 Å². The molecule has 1 aliphatic rings. The van der Waals surface area contributed by atoms with Crippen LogP contribution in [-0.4, -0.2) is 57.4 Å². The predicted molar refractivity (Wildman–Crippen MR) is 107 cm³/mol. The molecular formula is C19H24ClF3N2O5. The summed E-state index contributed by atoms with van der Waals surface area (Å²) in [7, 11) is 2.63. The molecule has 1 saturated heterocycles. The first-order chi connectivity index (χ1) is 13.9. The standard InChI is InChI=1S/C19H23F3N2O5.ClH/c1-26-14-12-6-10-28-15(12)17(27-2)16(13(14)23-18(25)19(20,21)22)29-11-9-24-7-4-3-5-8-24;/h6,10H,3-5,7-9,11H2,1-2H3,(H,23,25);1H. The van der Waals surface area contributed by atoms with Gasteiger partial charge >= 0.3 is 12.1 Å². The minimum Gasteiger partial charge on any atom is -0.494 e. The van der Waals surface area contributed by atoms with Gasteiger partial charge in [-0.15, -0.1) is 12.4 Å². The lowest BCUT2D eigenvalue weighted by atomic mass is 10.1. The van der Waals surface area contributed by atoms with Crippen molar-refractivity contribution in [2.75, 3.05) is 45.8 Å². The quantitative estimate of drug-likeness (QED) is 0.677. The van der Waals surface area contributed by atoms with Crippen LogP contribution in [0.1, 0.15) is 19.3 Å². The molecular weight excluding hydrogens is 429 g/mol. The Morgan fingerprint density at radius 1 is 1.13 bits per heavy atom. The maximum absolute atomic E-state index is 12.9. The molecule has 1 fully saturated rings. The summed E-state index contributed by atoms with van der Waals surface area (Å²) < 4.78 is 60.5. The molecule has 168 valence electrons. The highest BCUT2D eigenvalue weighted by Gasteiger charge is 2.40. The van der Waals surface area contributed by atoms with Crippen LogP contribution >= 0.6 is 12.4 Å². The lowest BCUT2D eigenvalue weighted by Crippen LogP contribution is -2.33. The number of piperidine rings is 1. The maximum atomic E-state index is 12.9. The molecule has 11 heteroatoms. The lowest BCUT2D eigenvalue weighted by Gasteiger charge is -2.26. The van der Waals surface area contributed by atoms with Gasteiger partial charge in [-0.3, -0.25) is 9.69 Å². The first-order valence-corrected chi connectivity index (χ1v) is 9.25. The number of nitrogens with one attached hydrogen (secondary N) is 1. The number of hydrogen-bond donors (Lipinski definition) is 1. The summed E-state index contributed by atoms with van der Waals surface area (Å²) in [5, 5.41) is 2.22. The van der Waals surface area contributed by atoms with Crippen LogP contribution in [-0.2, 0) is 4.79 Å². The Kier molecular flexibility index (Phi) is 8.08. The molecule has 0 saturated carbocycles. The SMILES string of the molecule is COc1c(NC(=O)C(F)(F)F)c(OCCN2CCCCC2)c(OC)c2occc12.Cl. The van der Waals surface area contributed by atoms with Gasteiger partial charge in [-0.1, -0.05) is 6.42 Å². The number of ether oxygens (including phenoxy) is 3. The number of alkyl halides is 3. The number of hydrogen-bond acceptors (Lipinski definition) is 6. The zero-order chi connectivity index (χ0) is 21.0. The molecule has 1 amide bonds. The van der Waals surface area contributed by atoms with E-state index in [0.717, 1.165) is 25.9 Å². The number of nitrogens with zero attached hydrogens (tertiary/aromatic N) is 1. The van der Waals surface area contributed by atoms with E-state index < -0.39 is 12.1 Å². The number of halogens is 4. The van der Waals surface area contributed by atoms with E-state index in [9.17, 15) is 18.0 Å². The van der Waals surface area contributed by atoms with E-state index in [1.165, 1.54) is 33.0 Å². The third-order valence-electron chi connectivity index (χ3n) is 4.78. The second-order valence-electron chi connectivity index (χ2n) is 6.64. The van der Waals surface area contributed by atoms with Gasteiger partial charge in [-0.2, -0.15) is 13.2 Å². The molecule has 1 aromatic heterocycles. The molecule has 2 heterocycles. The summed E-state index contributed by atoms with van der Waals surface area (Å²) in [5.41, 5.74) is 0.00143. The van der Waals surface area contributed by atoms with Crippen molar-refractivity contribution in [3.63, 3.8) is 0 Å². The summed E-state index contributed by atoms with van der Waals surface area (Å²) in [5.74, 6) is -2.12. The molecule has 2 aromatic rings. The fourth-order valence-corrected chi connectivity index (χ4v) is 3.41. The van der Waals surface area contributed by atoms with Gasteiger partial charge < -0.3 is 23.9 Å². The molecule has 0 unspecified atom stereocenters. The van der Waals surface area contributed by atoms with Crippen LogP contribution < -0.4 is 19.5 Å². The summed E-state index contributed by atoms with van der Waals surface area (Å²) in [6.07, 6.45) is -0.340. The van der Waals surface area contributed by atoms with Crippen molar-refractivity contribution in [1.29, 1.82) is 0 Å². The molecule has 1 aromatic carbocycles. The minimum atomic E-state index is -5.07. The van der Waals surface area contributed by atoms with Crippen molar-refractivity contribution < 1.29 is 36.6 Å². The van der Waals surface area contributed by atoms with Crippen molar-refractivity contribution in [3.05, 3.63) is 12.3 Å². The van der Waals surface area contributed by atoms with Gasteiger partial charge in [0.1, 0.15) is 12.3 Å². The van der Waals surface area contributed by atoms with E-state index in [1.54, 1.807) is 0 Å². The first kappa shape index (κ1) is 23.9. The molecule has 0 spiro atoms. The Bertz CT molecular complexity index is 866. The number of likely N-dealkylation sites (tertiary alicyclic amines) is 1. The largest absolute Gasteiger partial charge is 0.494 e. The summed E-state index contributed by atoms with van der Waals surface area (Å²) in [6.45, 7) is 2.67. The highest BCUT2D eigenvalue weighted by Crippen LogP contribution is 2.50. The lowest BCUT2D eigenvalue weighted by molar-refractivity contribution is -0.167. The van der Waals surface area contributed by atoms with Crippen LogP contribution in [0.5, 0.6) is 17.2 Å². The number of benzene rings is 1. The molecule has 0 radical (unpaired) electrons. The number of methoxy groups -OCH3 is 2. The second-order valence-corrected chi connectivity index (χ2v) is 6.64. The van der Waals surface area contributed by atoms with Crippen molar-refractivity contribution in [2.45, 2.75) is 25.4 Å². The molecule has 3 rings (SSSR count). The van der Waals surface area contributed by atoms with Crippen molar-refractivity contribution in [2.24, 2.45) is 0 Å². The number of carbonyl (C=O) groups excluding carboxylic acids is 1.